The molecule has 0 radical (unpaired) electrons. The van der Waals surface area contributed by atoms with Crippen LogP contribution in [0.4, 0.5) is 0 Å². The Morgan fingerprint density at radius 3 is 2.37 bits per heavy atom. The van der Waals surface area contributed by atoms with E-state index in [4.69, 9.17) is 9.47 Å². The highest BCUT2D eigenvalue weighted by Crippen LogP contribution is 2.28. The lowest BCUT2D eigenvalue weighted by molar-refractivity contribution is 0.355. The van der Waals surface area contributed by atoms with Crippen molar-refractivity contribution in [1.29, 1.82) is 0 Å². The summed E-state index contributed by atoms with van der Waals surface area (Å²) >= 11 is 0. The Hall–Kier alpha value is -3.29. The van der Waals surface area contributed by atoms with Crippen molar-refractivity contribution in [2.45, 2.75) is 13.5 Å². The molecule has 0 N–H and O–H groups in total. The highest BCUT2D eigenvalue weighted by Gasteiger charge is 2.16. The van der Waals surface area contributed by atoms with Gasteiger partial charge in [-0.1, -0.05) is 12.1 Å². The summed E-state index contributed by atoms with van der Waals surface area (Å²) in [6.07, 6.45) is 3.66. The van der Waals surface area contributed by atoms with Crippen molar-refractivity contribution in [2.24, 2.45) is 14.1 Å². The normalized spacial score (nSPS) is 11.4. The Morgan fingerprint density at radius 1 is 1.04 bits per heavy atom. The molecule has 0 fully saturated rings. The molecule has 3 rings (SSSR count). The van der Waals surface area contributed by atoms with Gasteiger partial charge in [0, 0.05) is 20.6 Å². The molecule has 2 heterocycles. The molecule has 27 heavy (non-hydrogen) atoms. The zero-order chi connectivity index (χ0) is 19.7. The summed E-state index contributed by atoms with van der Waals surface area (Å²) < 4.78 is 14.8. The molecule has 0 saturated carbocycles. The highest BCUT2D eigenvalue weighted by atomic mass is 16.5. The van der Waals surface area contributed by atoms with Gasteiger partial charge in [0.25, 0.3) is 5.56 Å². The molecule has 0 aliphatic carbocycles. The molecule has 3 aromatic rings. The van der Waals surface area contributed by atoms with Gasteiger partial charge in [-0.15, -0.1) is 0 Å². The van der Waals surface area contributed by atoms with Gasteiger partial charge in [-0.05, 0) is 30.7 Å². The molecular formula is C19H22N4O4. The molecule has 1 aromatic carbocycles. The van der Waals surface area contributed by atoms with E-state index >= 15 is 0 Å². The number of hydrogen-bond acceptors (Lipinski definition) is 5. The smallest absolute Gasteiger partial charge is 0.332 e. The second kappa shape index (κ2) is 7.14. The molecule has 0 unspecified atom stereocenters. The largest absolute Gasteiger partial charge is 0.493 e. The van der Waals surface area contributed by atoms with E-state index in [0.29, 0.717) is 35.0 Å². The van der Waals surface area contributed by atoms with Crippen LogP contribution in [0.2, 0.25) is 0 Å². The number of nitrogens with zero attached hydrogens (tertiary/aromatic N) is 4. The Kier molecular flexibility index (Phi) is 4.89. The maximum Gasteiger partial charge on any atom is 0.332 e. The Bertz CT molecular complexity index is 1150. The highest BCUT2D eigenvalue weighted by molar-refractivity contribution is 5.77. The summed E-state index contributed by atoms with van der Waals surface area (Å²) in [4.78, 5) is 29.3. The molecule has 0 bridgehead atoms. The molecule has 0 spiro atoms. The number of imidazole rings is 1. The standard InChI is InChI=1S/C19H22N4O4/c1-6-23-17-16(18(24)22(3)19(23)25)21(2)15(20-17)10-8-12-7-9-13(26-4)14(11-12)27-5/h7-11H,6H2,1-5H3/b10-8+. The molecule has 0 aliphatic rings. The van der Waals surface area contributed by atoms with E-state index in [1.54, 1.807) is 31.9 Å². The topological polar surface area (TPSA) is 80.3 Å². The molecule has 8 nitrogen and oxygen atoms in total. The van der Waals surface area contributed by atoms with Crippen LogP contribution in [0.3, 0.4) is 0 Å². The first kappa shape index (κ1) is 18.5. The average Bonchev–Trinajstić information content (AvgIpc) is 3.01. The van der Waals surface area contributed by atoms with Crippen LogP contribution in [0.5, 0.6) is 11.5 Å². The minimum atomic E-state index is -0.372. The molecule has 0 aliphatic heterocycles. The molecule has 0 saturated heterocycles. The molecule has 142 valence electrons. The molecular weight excluding hydrogens is 348 g/mol. The fourth-order valence-electron chi connectivity index (χ4n) is 3.01. The molecule has 0 atom stereocenters. The van der Waals surface area contributed by atoms with E-state index in [1.165, 1.54) is 11.6 Å². The van der Waals surface area contributed by atoms with Crippen LogP contribution in [0.15, 0.2) is 27.8 Å². The number of fused-ring (bicyclic) bond motifs is 1. The van der Waals surface area contributed by atoms with Gasteiger partial charge in [-0.25, -0.2) is 9.78 Å². The van der Waals surface area contributed by atoms with Gasteiger partial charge in [0.05, 0.1) is 14.2 Å². The maximum atomic E-state index is 12.5. The third-order valence-corrected chi connectivity index (χ3v) is 4.54. The lowest BCUT2D eigenvalue weighted by Gasteiger charge is -2.07. The second-order valence-corrected chi connectivity index (χ2v) is 6.04. The zero-order valence-electron chi connectivity index (χ0n) is 16.0. The van der Waals surface area contributed by atoms with E-state index in [1.807, 2.05) is 31.2 Å². The first-order valence-corrected chi connectivity index (χ1v) is 8.49. The van der Waals surface area contributed by atoms with Gasteiger partial charge < -0.3 is 14.0 Å². The Labute approximate surface area is 155 Å². The van der Waals surface area contributed by atoms with Gasteiger partial charge in [0.15, 0.2) is 22.7 Å². The average molecular weight is 370 g/mol. The summed E-state index contributed by atoms with van der Waals surface area (Å²) in [5.41, 5.74) is 0.940. The van der Waals surface area contributed by atoms with Gasteiger partial charge in [-0.2, -0.15) is 0 Å². The van der Waals surface area contributed by atoms with Gasteiger partial charge >= 0.3 is 5.69 Å². The third kappa shape index (κ3) is 3.03. The minimum Gasteiger partial charge on any atom is -0.493 e. The lowest BCUT2D eigenvalue weighted by atomic mass is 10.2. The molecule has 2 aromatic heterocycles. The number of methoxy groups -OCH3 is 2. The number of aryl methyl sites for hydroxylation is 2. The van der Waals surface area contributed by atoms with Crippen LogP contribution in [0.1, 0.15) is 18.3 Å². The summed E-state index contributed by atoms with van der Waals surface area (Å²) in [7, 11) is 6.40. The maximum absolute atomic E-state index is 12.5. The quantitative estimate of drug-likeness (QED) is 0.682. The van der Waals surface area contributed by atoms with Crippen molar-refractivity contribution in [3.8, 4) is 11.5 Å². The summed E-state index contributed by atoms with van der Waals surface area (Å²) in [5.74, 6) is 1.84. The van der Waals surface area contributed by atoms with Crippen LogP contribution in [0.25, 0.3) is 23.3 Å². The summed E-state index contributed by atoms with van der Waals surface area (Å²) in [5, 5.41) is 0. The van der Waals surface area contributed by atoms with E-state index in [0.717, 1.165) is 10.1 Å². The van der Waals surface area contributed by atoms with Crippen molar-refractivity contribution in [2.75, 3.05) is 14.2 Å². The molecule has 8 heteroatoms. The number of benzene rings is 1. The van der Waals surface area contributed by atoms with Gasteiger partial charge in [0.2, 0.25) is 0 Å². The van der Waals surface area contributed by atoms with Crippen molar-refractivity contribution in [3.05, 3.63) is 50.4 Å². The fourth-order valence-corrected chi connectivity index (χ4v) is 3.01. The second-order valence-electron chi connectivity index (χ2n) is 6.04. The predicted molar refractivity (Wildman–Crippen MR) is 104 cm³/mol. The molecule has 0 amide bonds. The minimum absolute atomic E-state index is 0.361. The number of hydrogen-bond donors (Lipinski definition) is 0. The summed E-state index contributed by atoms with van der Waals surface area (Å²) in [6.45, 7) is 2.28. The Morgan fingerprint density at radius 2 is 1.74 bits per heavy atom. The first-order chi connectivity index (χ1) is 12.9. The third-order valence-electron chi connectivity index (χ3n) is 4.54. The Balaban J connectivity index is 2.12. The van der Waals surface area contributed by atoms with Crippen LogP contribution >= 0.6 is 0 Å². The van der Waals surface area contributed by atoms with Crippen molar-refractivity contribution < 1.29 is 9.47 Å². The van der Waals surface area contributed by atoms with Gasteiger partial charge in [-0.3, -0.25) is 13.9 Å². The van der Waals surface area contributed by atoms with Crippen molar-refractivity contribution in [3.63, 3.8) is 0 Å². The van der Waals surface area contributed by atoms with Crippen molar-refractivity contribution >= 4 is 23.3 Å². The van der Waals surface area contributed by atoms with Gasteiger partial charge in [0.1, 0.15) is 5.82 Å². The predicted octanol–water partition coefficient (Wildman–Crippen LogP) is 1.64. The number of ether oxygens (including phenoxy) is 2. The monoisotopic (exact) mass is 370 g/mol. The SMILES string of the molecule is CCn1c(=O)n(C)c(=O)c2c1nc(/C=C/c1ccc(OC)c(OC)c1)n2C. The first-order valence-electron chi connectivity index (χ1n) is 8.49. The van der Waals surface area contributed by atoms with Crippen LogP contribution in [0, 0.1) is 0 Å². The van der Waals surface area contributed by atoms with E-state index in [2.05, 4.69) is 4.98 Å². The van der Waals surface area contributed by atoms with Crippen molar-refractivity contribution in [1.82, 2.24) is 18.7 Å². The van der Waals surface area contributed by atoms with E-state index < -0.39 is 0 Å². The van der Waals surface area contributed by atoms with Crippen LogP contribution in [-0.4, -0.2) is 32.9 Å². The van der Waals surface area contributed by atoms with Crippen LogP contribution < -0.4 is 20.7 Å². The van der Waals surface area contributed by atoms with E-state index in [-0.39, 0.29) is 11.2 Å². The van der Waals surface area contributed by atoms with Crippen LogP contribution in [-0.2, 0) is 20.6 Å². The lowest BCUT2D eigenvalue weighted by Crippen LogP contribution is -2.38. The fraction of sp³-hybridized carbons (Fsp3) is 0.316. The van der Waals surface area contributed by atoms with E-state index in [9.17, 15) is 9.59 Å². The number of aromatic nitrogens is 4. The summed E-state index contributed by atoms with van der Waals surface area (Å²) in [6, 6.07) is 5.55. The zero-order valence-corrected chi connectivity index (χ0v) is 16.0. The number of rotatable bonds is 5.